The van der Waals surface area contributed by atoms with Gasteiger partial charge < -0.3 is 0 Å². The molecule has 1 aromatic heterocycles. The first kappa shape index (κ1) is 9.10. The van der Waals surface area contributed by atoms with Gasteiger partial charge in [-0.1, -0.05) is 6.92 Å². The fraction of sp³-hybridized carbons (Fsp3) is 0.273. The summed E-state index contributed by atoms with van der Waals surface area (Å²) in [6.45, 7) is 2.22. The van der Waals surface area contributed by atoms with Crippen LogP contribution in [0.25, 0.3) is 10.1 Å². The molecule has 0 N–H and O–H groups in total. The van der Waals surface area contributed by atoms with E-state index < -0.39 is 0 Å². The Bertz CT molecular complexity index is 377. The SMILES string of the molecule is CCc1cc2sccc2cc1SC. The highest BCUT2D eigenvalue weighted by atomic mass is 32.2. The largest absolute Gasteiger partial charge is 0.144 e. The molecule has 0 amide bonds. The number of thiophene rings is 1. The smallest absolute Gasteiger partial charge is 0.0346 e. The van der Waals surface area contributed by atoms with Gasteiger partial charge in [0.25, 0.3) is 0 Å². The molecule has 0 fully saturated rings. The number of benzene rings is 1. The summed E-state index contributed by atoms with van der Waals surface area (Å²) in [5.74, 6) is 0. The lowest BCUT2D eigenvalue weighted by molar-refractivity contribution is 1.09. The quantitative estimate of drug-likeness (QED) is 0.667. The summed E-state index contributed by atoms with van der Waals surface area (Å²) in [4.78, 5) is 1.42. The Morgan fingerprint density at radius 2 is 2.23 bits per heavy atom. The van der Waals surface area contributed by atoms with Gasteiger partial charge in [0.1, 0.15) is 0 Å². The Morgan fingerprint density at radius 1 is 1.38 bits per heavy atom. The van der Waals surface area contributed by atoms with Crippen LogP contribution >= 0.6 is 23.1 Å². The van der Waals surface area contributed by atoms with E-state index in [1.165, 1.54) is 20.5 Å². The van der Waals surface area contributed by atoms with Crippen molar-refractivity contribution >= 4 is 33.2 Å². The molecule has 0 radical (unpaired) electrons. The predicted molar refractivity (Wildman–Crippen MR) is 63.0 cm³/mol. The maximum atomic E-state index is 2.33. The van der Waals surface area contributed by atoms with Crippen molar-refractivity contribution in [2.24, 2.45) is 0 Å². The monoisotopic (exact) mass is 208 g/mol. The lowest BCUT2D eigenvalue weighted by Crippen LogP contribution is -1.83. The van der Waals surface area contributed by atoms with Gasteiger partial charge in [-0.05, 0) is 47.2 Å². The number of thioether (sulfide) groups is 1. The standard InChI is InChI=1S/C11H12S2/c1-3-8-6-11-9(4-5-13-11)7-10(8)12-2/h4-7H,3H2,1-2H3. The Hall–Kier alpha value is -0.470. The molecule has 2 rings (SSSR count). The Labute approximate surface area is 87.0 Å². The predicted octanol–water partition coefficient (Wildman–Crippen LogP) is 4.19. The summed E-state index contributed by atoms with van der Waals surface area (Å²) >= 11 is 3.67. The van der Waals surface area contributed by atoms with E-state index in [4.69, 9.17) is 0 Å². The van der Waals surface area contributed by atoms with Crippen molar-refractivity contribution in [3.8, 4) is 0 Å². The number of hydrogen-bond acceptors (Lipinski definition) is 2. The molecule has 2 aromatic rings. The molecule has 0 aliphatic rings. The van der Waals surface area contributed by atoms with Gasteiger partial charge >= 0.3 is 0 Å². The van der Waals surface area contributed by atoms with Crippen molar-refractivity contribution in [3.63, 3.8) is 0 Å². The molecule has 0 saturated heterocycles. The average molecular weight is 208 g/mol. The summed E-state index contributed by atoms with van der Waals surface area (Å²) in [6.07, 6.45) is 3.27. The van der Waals surface area contributed by atoms with Crippen molar-refractivity contribution in [1.29, 1.82) is 0 Å². The molecule has 2 heteroatoms. The second-order valence-corrected chi connectivity index (χ2v) is 4.77. The normalized spacial score (nSPS) is 10.9. The Balaban J connectivity index is 2.67. The third-order valence-corrected chi connectivity index (χ3v) is 3.94. The molecule has 0 bridgehead atoms. The van der Waals surface area contributed by atoms with Crippen molar-refractivity contribution in [1.82, 2.24) is 0 Å². The van der Waals surface area contributed by atoms with Crippen LogP contribution in [0, 0.1) is 0 Å². The third kappa shape index (κ3) is 1.61. The topological polar surface area (TPSA) is 0 Å². The molecular formula is C11H12S2. The lowest BCUT2D eigenvalue weighted by Gasteiger charge is -2.04. The zero-order chi connectivity index (χ0) is 9.26. The summed E-state index contributed by atoms with van der Waals surface area (Å²) in [5, 5.41) is 3.54. The molecule has 0 aliphatic carbocycles. The minimum absolute atomic E-state index is 1.13. The first-order valence-electron chi connectivity index (χ1n) is 4.39. The zero-order valence-corrected chi connectivity index (χ0v) is 9.47. The van der Waals surface area contributed by atoms with Gasteiger partial charge in [0.15, 0.2) is 0 Å². The van der Waals surface area contributed by atoms with Crippen LogP contribution in [0.15, 0.2) is 28.5 Å². The van der Waals surface area contributed by atoms with Crippen LogP contribution in [0.4, 0.5) is 0 Å². The van der Waals surface area contributed by atoms with Crippen molar-refractivity contribution in [3.05, 3.63) is 29.1 Å². The lowest BCUT2D eigenvalue weighted by atomic mass is 10.1. The number of rotatable bonds is 2. The van der Waals surface area contributed by atoms with E-state index >= 15 is 0 Å². The first-order chi connectivity index (χ1) is 6.35. The highest BCUT2D eigenvalue weighted by Crippen LogP contribution is 2.29. The van der Waals surface area contributed by atoms with Crippen molar-refractivity contribution in [2.45, 2.75) is 18.2 Å². The molecule has 0 nitrogen and oxygen atoms in total. The van der Waals surface area contributed by atoms with Gasteiger partial charge in [0.2, 0.25) is 0 Å². The second-order valence-electron chi connectivity index (χ2n) is 2.98. The van der Waals surface area contributed by atoms with Gasteiger partial charge in [-0.3, -0.25) is 0 Å². The van der Waals surface area contributed by atoms with E-state index in [9.17, 15) is 0 Å². The molecule has 13 heavy (non-hydrogen) atoms. The van der Waals surface area contributed by atoms with Crippen LogP contribution in [0.3, 0.4) is 0 Å². The molecule has 68 valence electrons. The number of fused-ring (bicyclic) bond motifs is 1. The van der Waals surface area contributed by atoms with Gasteiger partial charge in [-0.2, -0.15) is 0 Å². The Morgan fingerprint density at radius 3 is 2.92 bits per heavy atom. The molecular weight excluding hydrogens is 196 g/mol. The van der Waals surface area contributed by atoms with Crippen LogP contribution < -0.4 is 0 Å². The summed E-state index contributed by atoms with van der Waals surface area (Å²) in [6, 6.07) is 6.82. The van der Waals surface area contributed by atoms with Gasteiger partial charge in [-0.25, -0.2) is 0 Å². The summed E-state index contributed by atoms with van der Waals surface area (Å²) < 4.78 is 1.41. The fourth-order valence-electron chi connectivity index (χ4n) is 1.50. The second kappa shape index (κ2) is 3.72. The van der Waals surface area contributed by atoms with Crippen LogP contribution in [-0.2, 0) is 6.42 Å². The van der Waals surface area contributed by atoms with Gasteiger partial charge in [0.05, 0.1) is 0 Å². The van der Waals surface area contributed by atoms with E-state index in [-0.39, 0.29) is 0 Å². The minimum atomic E-state index is 1.13. The molecule has 0 spiro atoms. The molecule has 0 atom stereocenters. The summed E-state index contributed by atoms with van der Waals surface area (Å²) in [7, 11) is 0. The molecule has 0 saturated carbocycles. The van der Waals surface area contributed by atoms with E-state index in [0.717, 1.165) is 6.42 Å². The van der Waals surface area contributed by atoms with E-state index in [1.54, 1.807) is 0 Å². The molecule has 1 aromatic carbocycles. The first-order valence-corrected chi connectivity index (χ1v) is 6.49. The van der Waals surface area contributed by atoms with E-state index in [2.05, 4.69) is 36.8 Å². The molecule has 1 heterocycles. The third-order valence-electron chi connectivity index (χ3n) is 2.24. The maximum absolute atomic E-state index is 2.33. The van der Waals surface area contributed by atoms with Crippen LogP contribution in [0.5, 0.6) is 0 Å². The highest BCUT2D eigenvalue weighted by Gasteiger charge is 2.02. The highest BCUT2D eigenvalue weighted by molar-refractivity contribution is 7.98. The van der Waals surface area contributed by atoms with Gasteiger partial charge in [-0.15, -0.1) is 23.1 Å². The van der Waals surface area contributed by atoms with Crippen LogP contribution in [-0.4, -0.2) is 6.26 Å². The fourth-order valence-corrected chi connectivity index (χ4v) is 3.04. The number of hydrogen-bond donors (Lipinski definition) is 0. The Kier molecular flexibility index (Phi) is 2.61. The molecule has 0 unspecified atom stereocenters. The average Bonchev–Trinajstić information content (AvgIpc) is 2.62. The van der Waals surface area contributed by atoms with E-state index in [0.29, 0.717) is 0 Å². The number of aryl methyl sites for hydroxylation is 1. The minimum Gasteiger partial charge on any atom is -0.144 e. The van der Waals surface area contributed by atoms with Crippen molar-refractivity contribution in [2.75, 3.05) is 6.26 Å². The zero-order valence-electron chi connectivity index (χ0n) is 7.83. The van der Waals surface area contributed by atoms with Gasteiger partial charge in [0, 0.05) is 9.60 Å². The molecule has 0 aliphatic heterocycles. The maximum Gasteiger partial charge on any atom is 0.0346 e. The van der Waals surface area contributed by atoms with Crippen molar-refractivity contribution < 1.29 is 0 Å². The van der Waals surface area contributed by atoms with E-state index in [1.807, 2.05) is 23.1 Å². The van der Waals surface area contributed by atoms with Crippen LogP contribution in [0.1, 0.15) is 12.5 Å². The van der Waals surface area contributed by atoms with Crippen LogP contribution in [0.2, 0.25) is 0 Å². The summed E-state index contributed by atoms with van der Waals surface area (Å²) in [5.41, 5.74) is 1.47.